The van der Waals surface area contributed by atoms with Crippen molar-refractivity contribution in [2.24, 2.45) is 5.10 Å². The smallest absolute Gasteiger partial charge is 0.329 e. The Balaban J connectivity index is 1.55. The molecule has 3 aromatic rings. The Bertz CT molecular complexity index is 1110. The number of amides is 2. The van der Waals surface area contributed by atoms with E-state index in [0.29, 0.717) is 32.6 Å². The number of anilines is 1. The number of nitrogens with one attached hydrogen (secondary N) is 2. The highest BCUT2D eigenvalue weighted by Gasteiger charge is 2.12. The lowest BCUT2D eigenvalue weighted by Gasteiger charge is -2.09. The number of halogens is 2. The molecule has 0 bridgehead atoms. The van der Waals surface area contributed by atoms with Crippen LogP contribution in [0.2, 0.25) is 10.0 Å². The first kappa shape index (κ1) is 22.3. The highest BCUT2D eigenvalue weighted by Crippen LogP contribution is 2.26. The van der Waals surface area contributed by atoms with Crippen LogP contribution in [-0.4, -0.2) is 18.0 Å². The van der Waals surface area contributed by atoms with Gasteiger partial charge in [0, 0.05) is 21.3 Å². The molecule has 2 amide bonds. The maximum absolute atomic E-state index is 12.0. The van der Waals surface area contributed by atoms with Crippen LogP contribution in [0, 0.1) is 6.92 Å². The van der Waals surface area contributed by atoms with Gasteiger partial charge in [0.25, 0.3) is 0 Å². The SMILES string of the molecule is Cc1cccc(NC(=O)C(=O)N/N=C\c2cccc(OCc3c(Cl)cccc3Cl)c2)c1. The van der Waals surface area contributed by atoms with Gasteiger partial charge < -0.3 is 10.1 Å². The van der Waals surface area contributed by atoms with E-state index in [4.69, 9.17) is 27.9 Å². The second-order valence-corrected chi connectivity index (χ2v) is 7.40. The molecule has 0 aliphatic heterocycles. The van der Waals surface area contributed by atoms with Crippen molar-refractivity contribution in [2.75, 3.05) is 5.32 Å². The fourth-order valence-corrected chi connectivity index (χ4v) is 3.14. The third-order valence-electron chi connectivity index (χ3n) is 4.16. The lowest BCUT2D eigenvalue weighted by Crippen LogP contribution is -2.32. The molecule has 0 saturated carbocycles. The zero-order valence-electron chi connectivity index (χ0n) is 16.6. The second kappa shape index (κ2) is 10.6. The lowest BCUT2D eigenvalue weighted by molar-refractivity contribution is -0.136. The van der Waals surface area contributed by atoms with Gasteiger partial charge in [-0.3, -0.25) is 9.59 Å². The third-order valence-corrected chi connectivity index (χ3v) is 4.87. The van der Waals surface area contributed by atoms with Crippen LogP contribution in [0.15, 0.2) is 71.8 Å². The number of ether oxygens (including phenoxy) is 1. The van der Waals surface area contributed by atoms with Crippen molar-refractivity contribution in [1.29, 1.82) is 0 Å². The molecule has 2 N–H and O–H groups in total. The molecular formula is C23H19Cl2N3O3. The normalized spacial score (nSPS) is 10.7. The average Bonchev–Trinajstić information content (AvgIpc) is 2.73. The number of carbonyl (C=O) groups excluding carboxylic acids is 2. The van der Waals surface area contributed by atoms with Gasteiger partial charge >= 0.3 is 11.8 Å². The zero-order chi connectivity index (χ0) is 22.2. The number of nitrogens with zero attached hydrogens (tertiary/aromatic N) is 1. The first-order valence-corrected chi connectivity index (χ1v) is 10.0. The quantitative estimate of drug-likeness (QED) is 0.312. The van der Waals surface area contributed by atoms with E-state index < -0.39 is 11.8 Å². The minimum atomic E-state index is -0.876. The van der Waals surface area contributed by atoms with Gasteiger partial charge in [-0.2, -0.15) is 5.10 Å². The van der Waals surface area contributed by atoms with Crippen LogP contribution in [0.3, 0.4) is 0 Å². The molecular weight excluding hydrogens is 437 g/mol. The molecule has 3 aromatic carbocycles. The van der Waals surface area contributed by atoms with Crippen LogP contribution in [-0.2, 0) is 16.2 Å². The molecule has 0 unspecified atom stereocenters. The molecule has 0 atom stereocenters. The second-order valence-electron chi connectivity index (χ2n) is 6.58. The van der Waals surface area contributed by atoms with Gasteiger partial charge in [0.2, 0.25) is 0 Å². The molecule has 158 valence electrons. The Morgan fingerprint density at radius 1 is 0.968 bits per heavy atom. The van der Waals surface area contributed by atoms with Crippen molar-refractivity contribution in [3.8, 4) is 5.75 Å². The minimum absolute atomic E-state index is 0.203. The van der Waals surface area contributed by atoms with Gasteiger partial charge in [-0.1, -0.05) is 53.5 Å². The fraction of sp³-hybridized carbons (Fsp3) is 0.0870. The van der Waals surface area contributed by atoms with Crippen molar-refractivity contribution < 1.29 is 14.3 Å². The van der Waals surface area contributed by atoms with Gasteiger partial charge in [0.15, 0.2) is 0 Å². The van der Waals surface area contributed by atoms with E-state index in [1.165, 1.54) is 6.21 Å². The molecule has 0 aliphatic carbocycles. The average molecular weight is 456 g/mol. The van der Waals surface area contributed by atoms with Crippen molar-refractivity contribution in [3.05, 3.63) is 93.5 Å². The van der Waals surface area contributed by atoms with E-state index in [1.807, 2.05) is 13.0 Å². The number of hydrogen-bond acceptors (Lipinski definition) is 4. The number of hydrazone groups is 1. The van der Waals surface area contributed by atoms with Gasteiger partial charge in [-0.05, 0) is 54.4 Å². The van der Waals surface area contributed by atoms with Crippen molar-refractivity contribution >= 4 is 46.9 Å². The fourth-order valence-electron chi connectivity index (χ4n) is 2.64. The Morgan fingerprint density at radius 2 is 1.68 bits per heavy atom. The summed E-state index contributed by atoms with van der Waals surface area (Å²) >= 11 is 12.3. The van der Waals surface area contributed by atoms with Crippen molar-refractivity contribution in [1.82, 2.24) is 5.43 Å². The summed E-state index contributed by atoms with van der Waals surface area (Å²) in [5, 5.41) is 7.39. The standard InChI is InChI=1S/C23H19Cl2N3O3/c1-15-5-2-7-17(11-15)27-22(29)23(30)28-26-13-16-6-3-8-18(12-16)31-14-19-20(24)9-4-10-21(19)25/h2-13H,14H2,1H3,(H,27,29)(H,28,30)/b26-13-. The lowest BCUT2D eigenvalue weighted by atomic mass is 10.2. The number of benzene rings is 3. The van der Waals surface area contributed by atoms with Crippen LogP contribution < -0.4 is 15.5 Å². The summed E-state index contributed by atoms with van der Waals surface area (Å²) in [5.41, 5.74) is 5.06. The maximum Gasteiger partial charge on any atom is 0.329 e. The van der Waals surface area contributed by atoms with Gasteiger partial charge in [0.05, 0.1) is 6.21 Å². The Morgan fingerprint density at radius 3 is 2.42 bits per heavy atom. The topological polar surface area (TPSA) is 79.8 Å². The first-order valence-electron chi connectivity index (χ1n) is 9.29. The highest BCUT2D eigenvalue weighted by atomic mass is 35.5. The number of aryl methyl sites for hydroxylation is 1. The molecule has 0 fully saturated rings. The molecule has 0 aromatic heterocycles. The van der Waals surface area contributed by atoms with Gasteiger partial charge in [-0.15, -0.1) is 0 Å². The van der Waals surface area contributed by atoms with Gasteiger partial charge in [0.1, 0.15) is 12.4 Å². The molecule has 0 spiro atoms. The van der Waals surface area contributed by atoms with E-state index in [1.54, 1.807) is 60.7 Å². The number of hydrogen-bond donors (Lipinski definition) is 2. The van der Waals surface area contributed by atoms with Crippen LogP contribution in [0.1, 0.15) is 16.7 Å². The Hall–Kier alpha value is -3.35. The molecule has 3 rings (SSSR count). The number of carbonyl (C=O) groups is 2. The maximum atomic E-state index is 12.0. The largest absolute Gasteiger partial charge is 0.489 e. The van der Waals surface area contributed by atoms with Gasteiger partial charge in [-0.25, -0.2) is 5.43 Å². The highest BCUT2D eigenvalue weighted by molar-refractivity contribution is 6.39. The Kier molecular flexibility index (Phi) is 7.65. The summed E-state index contributed by atoms with van der Waals surface area (Å²) in [6.07, 6.45) is 1.41. The van der Waals surface area contributed by atoms with Crippen LogP contribution >= 0.6 is 23.2 Å². The molecule has 8 heteroatoms. The van der Waals surface area contributed by atoms with E-state index in [2.05, 4.69) is 15.8 Å². The van der Waals surface area contributed by atoms with E-state index in [-0.39, 0.29) is 6.61 Å². The molecule has 0 heterocycles. The molecule has 0 radical (unpaired) electrons. The predicted molar refractivity (Wildman–Crippen MR) is 123 cm³/mol. The molecule has 0 saturated heterocycles. The summed E-state index contributed by atoms with van der Waals surface area (Å²) in [5.74, 6) is -1.11. The van der Waals surface area contributed by atoms with E-state index in [0.717, 1.165) is 5.56 Å². The van der Waals surface area contributed by atoms with Crippen molar-refractivity contribution in [2.45, 2.75) is 13.5 Å². The molecule has 6 nitrogen and oxygen atoms in total. The number of rotatable bonds is 6. The summed E-state index contributed by atoms with van der Waals surface area (Å²) < 4.78 is 5.75. The summed E-state index contributed by atoms with van der Waals surface area (Å²) in [7, 11) is 0. The molecule has 0 aliphatic rings. The predicted octanol–water partition coefficient (Wildman–Crippen LogP) is 4.97. The van der Waals surface area contributed by atoms with Crippen LogP contribution in [0.25, 0.3) is 0 Å². The van der Waals surface area contributed by atoms with Crippen LogP contribution in [0.4, 0.5) is 5.69 Å². The zero-order valence-corrected chi connectivity index (χ0v) is 18.1. The monoisotopic (exact) mass is 455 g/mol. The molecule has 31 heavy (non-hydrogen) atoms. The first-order chi connectivity index (χ1) is 14.9. The summed E-state index contributed by atoms with van der Waals surface area (Å²) in [6.45, 7) is 2.09. The summed E-state index contributed by atoms with van der Waals surface area (Å²) in [6, 6.07) is 19.4. The van der Waals surface area contributed by atoms with E-state index >= 15 is 0 Å². The Labute approximate surface area is 189 Å². The van der Waals surface area contributed by atoms with E-state index in [9.17, 15) is 9.59 Å². The van der Waals surface area contributed by atoms with Crippen molar-refractivity contribution in [3.63, 3.8) is 0 Å². The van der Waals surface area contributed by atoms with Crippen LogP contribution in [0.5, 0.6) is 5.75 Å². The summed E-state index contributed by atoms with van der Waals surface area (Å²) in [4.78, 5) is 23.9. The third kappa shape index (κ3) is 6.57. The minimum Gasteiger partial charge on any atom is -0.489 e.